The lowest BCUT2D eigenvalue weighted by molar-refractivity contribution is -0.385. The standard InChI is InChI=1S/C13H15BrFNO5/c1-19-4-5-20-13-9(14)7-12(13)21-11-3-2-8(16(17)18)6-10(11)15/h2-3,6,9,12-13H,4-5,7H2,1H3. The first-order valence-electron chi connectivity index (χ1n) is 6.38. The van der Waals surface area contributed by atoms with Gasteiger partial charge in [-0.15, -0.1) is 0 Å². The maximum absolute atomic E-state index is 13.8. The summed E-state index contributed by atoms with van der Waals surface area (Å²) in [5.41, 5.74) is -0.306. The lowest BCUT2D eigenvalue weighted by atomic mass is 9.91. The van der Waals surface area contributed by atoms with E-state index in [1.54, 1.807) is 7.11 Å². The van der Waals surface area contributed by atoms with Crippen molar-refractivity contribution in [2.45, 2.75) is 23.5 Å². The van der Waals surface area contributed by atoms with Gasteiger partial charge in [0.25, 0.3) is 5.69 Å². The van der Waals surface area contributed by atoms with Crippen LogP contribution in [0.4, 0.5) is 10.1 Å². The monoisotopic (exact) mass is 363 g/mol. The van der Waals surface area contributed by atoms with E-state index in [0.717, 1.165) is 6.07 Å². The number of alkyl halides is 1. The quantitative estimate of drug-likeness (QED) is 0.322. The van der Waals surface area contributed by atoms with Gasteiger partial charge in [-0.25, -0.2) is 4.39 Å². The van der Waals surface area contributed by atoms with Crippen molar-refractivity contribution in [2.75, 3.05) is 20.3 Å². The third-order valence-corrected chi connectivity index (χ3v) is 4.08. The first kappa shape index (κ1) is 16.1. The summed E-state index contributed by atoms with van der Waals surface area (Å²) in [7, 11) is 1.58. The molecule has 1 aromatic carbocycles. The fourth-order valence-electron chi connectivity index (χ4n) is 1.98. The summed E-state index contributed by atoms with van der Waals surface area (Å²) < 4.78 is 29.8. The predicted molar refractivity (Wildman–Crippen MR) is 76.4 cm³/mol. The van der Waals surface area contributed by atoms with Gasteiger partial charge in [-0.3, -0.25) is 10.1 Å². The average Bonchev–Trinajstić information content (AvgIpc) is 2.44. The molecule has 1 aliphatic carbocycles. The summed E-state index contributed by atoms with van der Waals surface area (Å²) in [6.07, 6.45) is 0.186. The van der Waals surface area contributed by atoms with Crippen molar-refractivity contribution in [3.8, 4) is 5.75 Å². The van der Waals surface area contributed by atoms with Crippen molar-refractivity contribution in [1.29, 1.82) is 0 Å². The van der Waals surface area contributed by atoms with Gasteiger partial charge in [-0.1, -0.05) is 15.9 Å². The largest absolute Gasteiger partial charge is 0.485 e. The van der Waals surface area contributed by atoms with Crippen molar-refractivity contribution >= 4 is 21.6 Å². The highest BCUT2D eigenvalue weighted by atomic mass is 79.9. The van der Waals surface area contributed by atoms with E-state index in [0.29, 0.717) is 19.6 Å². The minimum absolute atomic E-state index is 0.00894. The molecule has 0 aromatic heterocycles. The zero-order valence-corrected chi connectivity index (χ0v) is 12.9. The van der Waals surface area contributed by atoms with Crippen LogP contribution in [0.1, 0.15) is 6.42 Å². The lowest BCUT2D eigenvalue weighted by Gasteiger charge is -2.40. The molecule has 0 saturated heterocycles. The van der Waals surface area contributed by atoms with Crippen molar-refractivity contribution in [2.24, 2.45) is 0 Å². The molecule has 0 amide bonds. The predicted octanol–water partition coefficient (Wildman–Crippen LogP) is 2.68. The van der Waals surface area contributed by atoms with Crippen LogP contribution in [-0.2, 0) is 9.47 Å². The van der Waals surface area contributed by atoms with E-state index in [2.05, 4.69) is 15.9 Å². The summed E-state index contributed by atoms with van der Waals surface area (Å²) >= 11 is 3.45. The average molecular weight is 364 g/mol. The molecule has 1 saturated carbocycles. The molecule has 0 aliphatic heterocycles. The molecule has 1 fully saturated rings. The molecule has 0 heterocycles. The maximum Gasteiger partial charge on any atom is 0.272 e. The van der Waals surface area contributed by atoms with Crippen LogP contribution in [0.25, 0.3) is 0 Å². The molecule has 0 N–H and O–H groups in total. The molecular formula is C13H15BrFNO5. The number of methoxy groups -OCH3 is 1. The van der Waals surface area contributed by atoms with E-state index >= 15 is 0 Å². The topological polar surface area (TPSA) is 70.8 Å². The number of nitro benzene ring substituents is 1. The number of nitrogens with zero attached hydrogens (tertiary/aromatic N) is 1. The van der Waals surface area contributed by atoms with Crippen LogP contribution in [0.2, 0.25) is 0 Å². The van der Waals surface area contributed by atoms with Gasteiger partial charge in [0.2, 0.25) is 0 Å². The van der Waals surface area contributed by atoms with E-state index in [9.17, 15) is 14.5 Å². The fourth-order valence-corrected chi connectivity index (χ4v) is 2.85. The number of halogens is 2. The molecule has 0 bridgehead atoms. The second-order valence-electron chi connectivity index (χ2n) is 4.61. The highest BCUT2D eigenvalue weighted by Crippen LogP contribution is 2.35. The van der Waals surface area contributed by atoms with Crippen LogP contribution in [-0.4, -0.2) is 42.3 Å². The summed E-state index contributed by atoms with van der Waals surface area (Å²) in [5, 5.41) is 10.6. The van der Waals surface area contributed by atoms with Gasteiger partial charge in [0.1, 0.15) is 12.2 Å². The van der Waals surface area contributed by atoms with Gasteiger partial charge in [-0.2, -0.15) is 0 Å². The Morgan fingerprint density at radius 1 is 1.48 bits per heavy atom. The molecule has 0 spiro atoms. The molecule has 1 aliphatic rings. The summed E-state index contributed by atoms with van der Waals surface area (Å²) in [6, 6.07) is 3.32. The number of rotatable bonds is 7. The second kappa shape index (κ2) is 7.15. The minimum atomic E-state index is -0.752. The molecule has 1 aromatic rings. The maximum atomic E-state index is 13.8. The third kappa shape index (κ3) is 3.90. The van der Waals surface area contributed by atoms with Crippen molar-refractivity contribution < 1.29 is 23.5 Å². The van der Waals surface area contributed by atoms with Gasteiger partial charge in [0.15, 0.2) is 11.6 Å². The number of nitro groups is 1. The SMILES string of the molecule is COCCOC1C(Br)CC1Oc1ccc([N+](=O)[O-])cc1F. The van der Waals surface area contributed by atoms with Gasteiger partial charge in [0, 0.05) is 24.4 Å². The van der Waals surface area contributed by atoms with E-state index < -0.39 is 10.7 Å². The van der Waals surface area contributed by atoms with E-state index in [1.165, 1.54) is 12.1 Å². The van der Waals surface area contributed by atoms with E-state index in [4.69, 9.17) is 14.2 Å². The highest BCUT2D eigenvalue weighted by Gasteiger charge is 2.42. The Bertz CT molecular complexity index is 515. The molecule has 3 unspecified atom stereocenters. The fraction of sp³-hybridized carbons (Fsp3) is 0.538. The normalized spacial score (nSPS) is 24.4. The summed E-state index contributed by atoms with van der Waals surface area (Å²) in [4.78, 5) is 10.0. The van der Waals surface area contributed by atoms with Crippen molar-refractivity contribution in [1.82, 2.24) is 0 Å². The summed E-state index contributed by atoms with van der Waals surface area (Å²) in [5.74, 6) is -0.761. The smallest absolute Gasteiger partial charge is 0.272 e. The molecule has 0 radical (unpaired) electrons. The Morgan fingerprint density at radius 3 is 2.81 bits per heavy atom. The molecule has 116 valence electrons. The van der Waals surface area contributed by atoms with E-state index in [-0.39, 0.29) is 28.5 Å². The van der Waals surface area contributed by atoms with Gasteiger partial charge < -0.3 is 14.2 Å². The van der Waals surface area contributed by atoms with Crippen LogP contribution in [0.15, 0.2) is 18.2 Å². The zero-order chi connectivity index (χ0) is 15.4. The molecule has 2 rings (SSSR count). The van der Waals surface area contributed by atoms with Crippen LogP contribution >= 0.6 is 15.9 Å². The number of hydrogen-bond acceptors (Lipinski definition) is 5. The minimum Gasteiger partial charge on any atom is -0.485 e. The van der Waals surface area contributed by atoms with Crippen molar-refractivity contribution in [3.05, 3.63) is 34.1 Å². The van der Waals surface area contributed by atoms with Crippen LogP contribution in [0.5, 0.6) is 5.75 Å². The Hall–Kier alpha value is -1.25. The second-order valence-corrected chi connectivity index (χ2v) is 5.78. The van der Waals surface area contributed by atoms with Crippen LogP contribution in [0, 0.1) is 15.9 Å². The summed E-state index contributed by atoms with van der Waals surface area (Å²) in [6.45, 7) is 0.890. The Labute approximate surface area is 129 Å². The Morgan fingerprint density at radius 2 is 2.24 bits per heavy atom. The third-order valence-electron chi connectivity index (χ3n) is 3.18. The first-order valence-corrected chi connectivity index (χ1v) is 7.29. The van der Waals surface area contributed by atoms with Crippen LogP contribution < -0.4 is 4.74 Å². The Kier molecular flexibility index (Phi) is 5.49. The number of benzene rings is 1. The molecule has 21 heavy (non-hydrogen) atoms. The van der Waals surface area contributed by atoms with E-state index in [1.807, 2.05) is 0 Å². The van der Waals surface area contributed by atoms with Gasteiger partial charge in [0.05, 0.1) is 24.2 Å². The van der Waals surface area contributed by atoms with Crippen LogP contribution in [0.3, 0.4) is 0 Å². The first-order chi connectivity index (χ1) is 10.0. The van der Waals surface area contributed by atoms with Gasteiger partial charge in [-0.05, 0) is 6.07 Å². The number of hydrogen-bond donors (Lipinski definition) is 0. The van der Waals surface area contributed by atoms with Crippen molar-refractivity contribution in [3.63, 3.8) is 0 Å². The molecule has 8 heteroatoms. The zero-order valence-electron chi connectivity index (χ0n) is 11.3. The Balaban J connectivity index is 1.96. The highest BCUT2D eigenvalue weighted by molar-refractivity contribution is 9.09. The molecule has 3 atom stereocenters. The molecule has 6 nitrogen and oxygen atoms in total. The van der Waals surface area contributed by atoms with Gasteiger partial charge >= 0.3 is 0 Å². The molecular weight excluding hydrogens is 349 g/mol. The number of ether oxygens (including phenoxy) is 3. The number of non-ortho nitro benzene ring substituents is 1. The lowest BCUT2D eigenvalue weighted by Crippen LogP contribution is -2.52.